The molecule has 0 aliphatic carbocycles. The normalized spacial score (nSPS) is 14.3. The first-order chi connectivity index (χ1) is 13.4. The van der Waals surface area contributed by atoms with Gasteiger partial charge in [0, 0.05) is 5.25 Å². The van der Waals surface area contributed by atoms with Crippen molar-refractivity contribution in [1.82, 2.24) is 0 Å². The lowest BCUT2D eigenvalue weighted by atomic mass is 10.1. The fraction of sp³-hybridized carbons (Fsp3) is 0.273. The molecule has 3 rings (SSSR count). The van der Waals surface area contributed by atoms with Crippen molar-refractivity contribution in [3.63, 3.8) is 0 Å². The molecule has 2 amide bonds. The zero-order valence-corrected chi connectivity index (χ0v) is 17.4. The van der Waals surface area contributed by atoms with Gasteiger partial charge in [-0.1, -0.05) is 32.0 Å². The van der Waals surface area contributed by atoms with Gasteiger partial charge in [-0.3, -0.25) is 9.59 Å². The van der Waals surface area contributed by atoms with Crippen molar-refractivity contribution in [2.45, 2.75) is 26.0 Å². The van der Waals surface area contributed by atoms with Crippen LogP contribution in [-0.4, -0.2) is 31.3 Å². The Labute approximate surface area is 169 Å². The lowest BCUT2D eigenvalue weighted by molar-refractivity contribution is -0.119. The molecule has 0 saturated carbocycles. The summed E-state index contributed by atoms with van der Waals surface area (Å²) in [6.07, 6.45) is 0. The number of aryl methyl sites for hydroxylation is 1. The predicted octanol–water partition coefficient (Wildman–Crippen LogP) is 4.44. The number of benzene rings is 2. The number of methoxy groups -OCH3 is 2. The fourth-order valence-corrected chi connectivity index (χ4v) is 4.09. The third-order valence-corrected chi connectivity index (χ3v) is 5.41. The second-order valence-electron chi connectivity index (χ2n) is 6.73. The van der Waals surface area contributed by atoms with E-state index in [1.54, 1.807) is 38.5 Å². The van der Waals surface area contributed by atoms with Gasteiger partial charge in [-0.25, -0.2) is 4.90 Å². The highest BCUT2D eigenvalue weighted by atomic mass is 32.2. The predicted molar refractivity (Wildman–Crippen MR) is 113 cm³/mol. The number of anilines is 1. The van der Waals surface area contributed by atoms with Gasteiger partial charge in [0.2, 0.25) is 0 Å². The van der Waals surface area contributed by atoms with Crippen LogP contribution in [0.15, 0.2) is 47.4 Å². The van der Waals surface area contributed by atoms with Gasteiger partial charge in [-0.05, 0) is 42.3 Å². The fourth-order valence-electron chi connectivity index (χ4n) is 3.10. The molecule has 0 saturated heterocycles. The Bertz CT molecular complexity index is 965. The highest BCUT2D eigenvalue weighted by molar-refractivity contribution is 8.04. The molecule has 1 heterocycles. The quantitative estimate of drug-likeness (QED) is 0.675. The summed E-state index contributed by atoms with van der Waals surface area (Å²) in [4.78, 5) is 28.2. The van der Waals surface area contributed by atoms with E-state index < -0.39 is 0 Å². The van der Waals surface area contributed by atoms with Gasteiger partial charge in [0.25, 0.3) is 11.8 Å². The molecule has 2 aromatic rings. The first-order valence-corrected chi connectivity index (χ1v) is 9.84. The number of hydrogen-bond donors (Lipinski definition) is 0. The van der Waals surface area contributed by atoms with Crippen molar-refractivity contribution in [2.24, 2.45) is 0 Å². The van der Waals surface area contributed by atoms with E-state index >= 15 is 0 Å². The van der Waals surface area contributed by atoms with Crippen LogP contribution in [0.5, 0.6) is 11.5 Å². The lowest BCUT2D eigenvalue weighted by Gasteiger charge is -2.16. The SMILES string of the molecule is COc1ccc(C2=C(SC(C)C)C(=O)N(c3cccc(C)c3)C2=O)cc1OC. The lowest BCUT2D eigenvalue weighted by Crippen LogP contribution is -2.31. The van der Waals surface area contributed by atoms with Crippen molar-refractivity contribution in [3.05, 3.63) is 58.5 Å². The van der Waals surface area contributed by atoms with Crippen LogP contribution < -0.4 is 14.4 Å². The number of nitrogens with zero attached hydrogens (tertiary/aromatic N) is 1. The van der Waals surface area contributed by atoms with E-state index in [0.717, 1.165) is 5.56 Å². The molecule has 0 spiro atoms. The second kappa shape index (κ2) is 8.10. The van der Waals surface area contributed by atoms with Gasteiger partial charge < -0.3 is 9.47 Å². The number of amides is 2. The Kier molecular flexibility index (Phi) is 5.79. The van der Waals surface area contributed by atoms with E-state index in [9.17, 15) is 9.59 Å². The summed E-state index contributed by atoms with van der Waals surface area (Å²) in [6.45, 7) is 5.93. The van der Waals surface area contributed by atoms with Crippen LogP contribution in [0.1, 0.15) is 25.0 Å². The maximum atomic E-state index is 13.3. The number of carbonyl (C=O) groups excluding carboxylic acids is 2. The van der Waals surface area contributed by atoms with E-state index in [1.807, 2.05) is 39.0 Å². The van der Waals surface area contributed by atoms with Gasteiger partial charge in [0.1, 0.15) is 0 Å². The molecule has 28 heavy (non-hydrogen) atoms. The molecule has 0 fully saturated rings. The summed E-state index contributed by atoms with van der Waals surface area (Å²) >= 11 is 1.40. The van der Waals surface area contributed by atoms with Crippen LogP contribution in [0.3, 0.4) is 0 Å². The molecule has 5 nitrogen and oxygen atoms in total. The van der Waals surface area contributed by atoms with Crippen LogP contribution >= 0.6 is 11.8 Å². The summed E-state index contributed by atoms with van der Waals surface area (Å²) in [7, 11) is 3.10. The number of ether oxygens (including phenoxy) is 2. The third kappa shape index (κ3) is 3.64. The van der Waals surface area contributed by atoms with E-state index in [2.05, 4.69) is 0 Å². The number of imide groups is 1. The molecule has 0 bridgehead atoms. The van der Waals surface area contributed by atoms with Crippen LogP contribution in [0, 0.1) is 6.92 Å². The van der Waals surface area contributed by atoms with Crippen molar-refractivity contribution in [2.75, 3.05) is 19.1 Å². The Morgan fingerprint density at radius 1 is 0.929 bits per heavy atom. The van der Waals surface area contributed by atoms with Crippen molar-refractivity contribution < 1.29 is 19.1 Å². The van der Waals surface area contributed by atoms with Crippen LogP contribution in [0.4, 0.5) is 5.69 Å². The second-order valence-corrected chi connectivity index (χ2v) is 8.31. The Balaban J connectivity index is 2.13. The minimum atomic E-state index is -0.328. The molecule has 0 atom stereocenters. The number of carbonyl (C=O) groups is 2. The largest absolute Gasteiger partial charge is 0.493 e. The average Bonchev–Trinajstić information content (AvgIpc) is 2.90. The molecular formula is C22H23NO4S. The molecule has 146 valence electrons. The van der Waals surface area contributed by atoms with Crippen LogP contribution in [-0.2, 0) is 9.59 Å². The first kappa shape index (κ1) is 20.0. The molecule has 0 aromatic heterocycles. The van der Waals surface area contributed by atoms with Gasteiger partial charge in [0.15, 0.2) is 11.5 Å². The Morgan fingerprint density at radius 3 is 2.25 bits per heavy atom. The summed E-state index contributed by atoms with van der Waals surface area (Å²) in [5.74, 6) is 0.456. The Morgan fingerprint density at radius 2 is 1.64 bits per heavy atom. The van der Waals surface area contributed by atoms with Crippen molar-refractivity contribution >= 4 is 34.8 Å². The summed E-state index contributed by atoms with van der Waals surface area (Å²) in [5.41, 5.74) is 2.59. The van der Waals surface area contributed by atoms with Crippen LogP contribution in [0.2, 0.25) is 0 Å². The molecule has 0 N–H and O–H groups in total. The minimum absolute atomic E-state index is 0.152. The highest BCUT2D eigenvalue weighted by Crippen LogP contribution is 2.41. The maximum Gasteiger partial charge on any atom is 0.272 e. The van der Waals surface area contributed by atoms with E-state index in [-0.39, 0.29) is 17.1 Å². The van der Waals surface area contributed by atoms with Crippen molar-refractivity contribution in [3.8, 4) is 11.5 Å². The van der Waals surface area contributed by atoms with Gasteiger partial charge in [-0.15, -0.1) is 11.8 Å². The molecule has 2 aromatic carbocycles. The third-order valence-electron chi connectivity index (χ3n) is 4.33. The van der Waals surface area contributed by atoms with E-state index in [4.69, 9.17) is 9.47 Å². The average molecular weight is 397 g/mol. The number of thioether (sulfide) groups is 1. The van der Waals surface area contributed by atoms with Gasteiger partial charge >= 0.3 is 0 Å². The number of hydrogen-bond acceptors (Lipinski definition) is 5. The smallest absolute Gasteiger partial charge is 0.272 e. The highest BCUT2D eigenvalue weighted by Gasteiger charge is 2.40. The minimum Gasteiger partial charge on any atom is -0.493 e. The van der Waals surface area contributed by atoms with Crippen LogP contribution in [0.25, 0.3) is 5.57 Å². The monoisotopic (exact) mass is 397 g/mol. The molecule has 6 heteroatoms. The number of rotatable bonds is 6. The van der Waals surface area contributed by atoms with E-state index in [0.29, 0.717) is 33.2 Å². The van der Waals surface area contributed by atoms with Gasteiger partial charge in [0.05, 0.1) is 30.4 Å². The summed E-state index contributed by atoms with van der Waals surface area (Å²) in [5, 5.41) is 0.152. The van der Waals surface area contributed by atoms with Crippen molar-refractivity contribution in [1.29, 1.82) is 0 Å². The first-order valence-electron chi connectivity index (χ1n) is 8.96. The standard InChI is InChI=1S/C22H23NO4S/c1-13(2)28-20-19(15-9-10-17(26-4)18(12-15)27-5)21(24)23(22(20)25)16-8-6-7-14(3)11-16/h6-13H,1-5H3. The molecule has 1 aliphatic heterocycles. The molecule has 1 aliphatic rings. The Hall–Kier alpha value is -2.73. The summed E-state index contributed by atoms with van der Waals surface area (Å²) < 4.78 is 10.7. The topological polar surface area (TPSA) is 55.8 Å². The molecular weight excluding hydrogens is 374 g/mol. The van der Waals surface area contributed by atoms with Gasteiger partial charge in [-0.2, -0.15) is 0 Å². The summed E-state index contributed by atoms with van der Waals surface area (Å²) in [6, 6.07) is 12.6. The zero-order valence-electron chi connectivity index (χ0n) is 16.6. The maximum absolute atomic E-state index is 13.3. The molecule has 0 unspecified atom stereocenters. The zero-order chi connectivity index (χ0) is 20.4. The molecule has 0 radical (unpaired) electrons. The van der Waals surface area contributed by atoms with E-state index in [1.165, 1.54) is 16.7 Å².